The fraction of sp³-hybridized carbons (Fsp3) is 0.0870. The topological polar surface area (TPSA) is 102 Å². The largest absolute Gasteiger partial charge is 0.512 e. The Hall–Kier alpha value is -3.34. The summed E-state index contributed by atoms with van der Waals surface area (Å²) in [5.74, 6) is 0.803. The van der Waals surface area contributed by atoms with Crippen molar-refractivity contribution in [2.24, 2.45) is 0 Å². The lowest BCUT2D eigenvalue weighted by Gasteiger charge is -2.32. The molecule has 0 saturated carbocycles. The minimum absolute atomic E-state index is 0.0306. The van der Waals surface area contributed by atoms with Crippen LogP contribution in [0.25, 0.3) is 4.91 Å². The van der Waals surface area contributed by atoms with Crippen LogP contribution >= 0.6 is 23.4 Å². The van der Waals surface area contributed by atoms with Crippen LogP contribution in [0, 0.1) is 0 Å². The molecule has 8 nitrogen and oxygen atoms in total. The Kier molecular flexibility index (Phi) is 5.80. The van der Waals surface area contributed by atoms with Gasteiger partial charge in [-0.3, -0.25) is 0 Å². The molecule has 34 heavy (non-hydrogen) atoms. The summed E-state index contributed by atoms with van der Waals surface area (Å²) in [5, 5.41) is 9.83. The summed E-state index contributed by atoms with van der Waals surface area (Å²) < 4.78 is 44.0. The second-order valence-corrected chi connectivity index (χ2v) is 10.5. The summed E-state index contributed by atoms with van der Waals surface area (Å²) >= 11 is 7.44. The molecule has 0 radical (unpaired) electrons. The molecule has 2 aliphatic heterocycles. The molecule has 0 atom stereocenters. The third kappa shape index (κ3) is 4.04. The van der Waals surface area contributed by atoms with Crippen molar-refractivity contribution in [2.75, 3.05) is 6.79 Å². The monoisotopic (exact) mass is 517 g/mol. The van der Waals surface area contributed by atoms with Crippen LogP contribution in [0.5, 0.6) is 11.5 Å². The first-order valence-electron chi connectivity index (χ1n) is 9.92. The van der Waals surface area contributed by atoms with Crippen molar-refractivity contribution in [2.45, 2.75) is 16.3 Å². The van der Waals surface area contributed by atoms with E-state index in [2.05, 4.69) is 0 Å². The number of benzene rings is 3. The van der Waals surface area contributed by atoms with E-state index in [0.717, 1.165) is 16.1 Å². The summed E-state index contributed by atoms with van der Waals surface area (Å²) in [6.45, 7) is -0.115. The van der Waals surface area contributed by atoms with E-state index in [4.69, 9.17) is 25.8 Å². The number of hydrogen-bond donors (Lipinski definition) is 1. The highest BCUT2D eigenvalue weighted by atomic mass is 35.5. The third-order valence-electron chi connectivity index (χ3n) is 5.14. The molecule has 0 fully saturated rings. The summed E-state index contributed by atoms with van der Waals surface area (Å²) in [6.07, 6.45) is -1.64. The van der Waals surface area contributed by atoms with Crippen molar-refractivity contribution in [3.8, 4) is 11.5 Å². The number of carbonyl (C=O) groups is 1. The Bertz CT molecular complexity index is 1440. The van der Waals surface area contributed by atoms with Crippen LogP contribution < -0.4 is 9.47 Å². The van der Waals surface area contributed by atoms with Crippen LogP contribution in [0.15, 0.2) is 82.4 Å². The molecule has 0 spiro atoms. The van der Waals surface area contributed by atoms with Gasteiger partial charge >= 0.3 is 6.16 Å². The molecule has 1 N–H and O–H groups in total. The number of sulfonamides is 1. The van der Waals surface area contributed by atoms with E-state index >= 15 is 0 Å². The maximum atomic E-state index is 13.6. The number of rotatable bonds is 5. The molecule has 3 aromatic rings. The molecule has 3 aromatic carbocycles. The van der Waals surface area contributed by atoms with Crippen LogP contribution in [-0.2, 0) is 21.3 Å². The molecule has 0 aliphatic carbocycles. The van der Waals surface area contributed by atoms with Gasteiger partial charge in [0.2, 0.25) is 12.7 Å². The van der Waals surface area contributed by atoms with Crippen molar-refractivity contribution >= 4 is 44.4 Å². The third-order valence-corrected chi connectivity index (χ3v) is 8.38. The quantitative estimate of drug-likeness (QED) is 0.450. The summed E-state index contributed by atoms with van der Waals surface area (Å²) in [5.41, 5.74) is 0.822. The molecule has 2 aliphatic rings. The predicted molar refractivity (Wildman–Crippen MR) is 125 cm³/mol. The molecule has 5 rings (SSSR count). The molecular formula is C23H16ClNO7S2. The Morgan fingerprint density at radius 1 is 1.06 bits per heavy atom. The summed E-state index contributed by atoms with van der Waals surface area (Å²) in [6, 6.07) is 18.3. The number of thioether (sulfide) groups is 1. The predicted octanol–water partition coefficient (Wildman–Crippen LogP) is 5.39. The summed E-state index contributed by atoms with van der Waals surface area (Å²) in [4.78, 5) is 12.7. The van der Waals surface area contributed by atoms with E-state index in [-0.39, 0.29) is 24.1 Å². The highest BCUT2D eigenvalue weighted by molar-refractivity contribution is 8.08. The van der Waals surface area contributed by atoms with Gasteiger partial charge in [-0.25, -0.2) is 17.5 Å². The number of carboxylic acid groups (broad SMARTS) is 1. The van der Waals surface area contributed by atoms with Crippen LogP contribution in [0.3, 0.4) is 0 Å². The van der Waals surface area contributed by atoms with Gasteiger partial charge in [-0.15, -0.1) is 0 Å². The highest BCUT2D eigenvalue weighted by Gasteiger charge is 2.40. The van der Waals surface area contributed by atoms with Gasteiger partial charge in [0.05, 0.1) is 16.3 Å². The zero-order valence-corrected chi connectivity index (χ0v) is 19.7. The molecule has 0 saturated heterocycles. The van der Waals surface area contributed by atoms with Crippen LogP contribution in [0.4, 0.5) is 4.79 Å². The van der Waals surface area contributed by atoms with Crippen molar-refractivity contribution in [1.82, 2.24) is 4.31 Å². The second kappa shape index (κ2) is 8.79. The lowest BCUT2D eigenvalue weighted by atomic mass is 10.2. The van der Waals surface area contributed by atoms with E-state index in [9.17, 15) is 18.3 Å². The zero-order chi connectivity index (χ0) is 23.9. The molecule has 2 heterocycles. The summed E-state index contributed by atoms with van der Waals surface area (Å²) in [7, 11) is -4.16. The fourth-order valence-corrected chi connectivity index (χ4v) is 6.59. The second-order valence-electron chi connectivity index (χ2n) is 7.22. The fourth-order valence-electron chi connectivity index (χ4n) is 3.61. The molecular weight excluding hydrogens is 502 g/mol. The van der Waals surface area contributed by atoms with E-state index < -0.39 is 16.2 Å². The molecule has 0 amide bonds. The van der Waals surface area contributed by atoms with Gasteiger partial charge in [0.1, 0.15) is 0 Å². The van der Waals surface area contributed by atoms with Gasteiger partial charge < -0.3 is 19.3 Å². The molecule has 11 heteroatoms. The van der Waals surface area contributed by atoms with E-state index in [1.54, 1.807) is 60.7 Å². The van der Waals surface area contributed by atoms with Crippen molar-refractivity contribution in [1.29, 1.82) is 0 Å². The Labute approximate surface area is 204 Å². The Balaban J connectivity index is 1.68. The van der Waals surface area contributed by atoms with Gasteiger partial charge in [-0.2, -0.15) is 0 Å². The van der Waals surface area contributed by atoms with Gasteiger partial charge in [0.25, 0.3) is 10.0 Å². The highest BCUT2D eigenvalue weighted by Crippen LogP contribution is 2.48. The smallest absolute Gasteiger partial charge is 0.454 e. The zero-order valence-electron chi connectivity index (χ0n) is 17.3. The number of ether oxygens (including phenoxy) is 3. The minimum Gasteiger partial charge on any atom is -0.454 e. The van der Waals surface area contributed by atoms with Gasteiger partial charge in [0.15, 0.2) is 11.5 Å². The molecule has 0 bridgehead atoms. The first kappa shape index (κ1) is 22.5. The average Bonchev–Trinajstić information content (AvgIpc) is 3.28. The van der Waals surface area contributed by atoms with Gasteiger partial charge in [-0.1, -0.05) is 59.8 Å². The lowest BCUT2D eigenvalue weighted by molar-refractivity contribution is 0.101. The number of fused-ring (bicyclic) bond motifs is 2. The maximum Gasteiger partial charge on any atom is 0.512 e. The Morgan fingerprint density at radius 3 is 2.59 bits per heavy atom. The molecule has 0 unspecified atom stereocenters. The maximum absolute atomic E-state index is 13.6. The number of hydrogen-bond acceptors (Lipinski definition) is 7. The van der Waals surface area contributed by atoms with Gasteiger partial charge in [0, 0.05) is 15.5 Å². The van der Waals surface area contributed by atoms with Crippen LogP contribution in [0.1, 0.15) is 11.1 Å². The standard InChI is InChI=1S/C23H16ClNO7S2/c24-17-7-3-1-5-14(17)12-25-22(32-23(26)27)21(16-6-2-4-8-20(16)34(25,28)29)33-15-9-10-18-19(11-15)31-13-30-18/h1-11H,12-13H2,(H,26,27). The SMILES string of the molecule is O=C(O)OC1=C(Sc2ccc3c(c2)OCO3)c2ccccc2S(=O)(=O)N1Cc1ccccc1Cl. The average molecular weight is 518 g/mol. The number of nitrogens with zero attached hydrogens (tertiary/aromatic N) is 1. The van der Waals surface area contributed by atoms with E-state index in [0.29, 0.717) is 37.4 Å². The first-order chi connectivity index (χ1) is 16.3. The van der Waals surface area contributed by atoms with Crippen LogP contribution in [-0.4, -0.2) is 30.8 Å². The number of halogens is 1. The Morgan fingerprint density at radius 2 is 1.79 bits per heavy atom. The minimum atomic E-state index is -4.16. The first-order valence-corrected chi connectivity index (χ1v) is 12.6. The normalized spacial score (nSPS) is 15.7. The van der Waals surface area contributed by atoms with E-state index in [1.807, 2.05) is 0 Å². The molecule has 174 valence electrons. The van der Waals surface area contributed by atoms with E-state index in [1.165, 1.54) is 6.07 Å². The van der Waals surface area contributed by atoms with Crippen molar-refractivity contribution < 1.29 is 32.5 Å². The van der Waals surface area contributed by atoms with Crippen LogP contribution in [0.2, 0.25) is 5.02 Å². The van der Waals surface area contributed by atoms with Crippen molar-refractivity contribution in [3.63, 3.8) is 0 Å². The van der Waals surface area contributed by atoms with Crippen molar-refractivity contribution in [3.05, 3.63) is 88.8 Å². The molecule has 0 aromatic heterocycles. The van der Waals surface area contributed by atoms with Gasteiger partial charge in [-0.05, 0) is 35.9 Å². The lowest BCUT2D eigenvalue weighted by Crippen LogP contribution is -2.36.